The second-order valence-corrected chi connectivity index (χ2v) is 4.98. The van der Waals surface area contributed by atoms with Crippen LogP contribution in [0.3, 0.4) is 0 Å². The molecule has 0 aliphatic heterocycles. The van der Waals surface area contributed by atoms with Crippen molar-refractivity contribution < 1.29 is 19.1 Å². The van der Waals surface area contributed by atoms with Gasteiger partial charge in [-0.15, -0.1) is 0 Å². The number of hydrogen-bond acceptors (Lipinski definition) is 4. The van der Waals surface area contributed by atoms with E-state index in [1.165, 1.54) is 0 Å². The molecule has 0 unspecified atom stereocenters. The molecule has 0 saturated carbocycles. The van der Waals surface area contributed by atoms with Crippen LogP contribution in [0.2, 0.25) is 0 Å². The Kier molecular flexibility index (Phi) is 3.14. The predicted molar refractivity (Wildman–Crippen MR) is 52.6 cm³/mol. The zero-order valence-electron chi connectivity index (χ0n) is 8.73. The molecule has 0 spiro atoms. The van der Waals surface area contributed by atoms with Gasteiger partial charge in [0.05, 0.1) is 0 Å². The van der Waals surface area contributed by atoms with Gasteiger partial charge in [-0.3, -0.25) is 4.79 Å². The molecule has 5 heteroatoms. The molecule has 1 rings (SSSR count). The first kappa shape index (κ1) is 12.1. The number of aryl methyl sites for hydroxylation is 3. The summed E-state index contributed by atoms with van der Waals surface area (Å²) in [6.07, 6.45) is 0. The molecular formula is C10H11O4P-2. The summed E-state index contributed by atoms with van der Waals surface area (Å²) >= 11 is 0. The van der Waals surface area contributed by atoms with Crippen LogP contribution in [0.5, 0.6) is 0 Å². The third-order valence-corrected chi connectivity index (χ3v) is 2.86. The summed E-state index contributed by atoms with van der Waals surface area (Å²) in [5.41, 5.74) is 0.647. The molecular weight excluding hydrogens is 215 g/mol. The molecule has 1 aromatic carbocycles. The van der Waals surface area contributed by atoms with E-state index in [0.29, 0.717) is 11.1 Å². The molecule has 0 aromatic heterocycles. The van der Waals surface area contributed by atoms with E-state index in [4.69, 9.17) is 0 Å². The van der Waals surface area contributed by atoms with Gasteiger partial charge >= 0.3 is 0 Å². The van der Waals surface area contributed by atoms with E-state index in [0.717, 1.165) is 5.56 Å². The summed E-state index contributed by atoms with van der Waals surface area (Å²) in [6, 6.07) is 3.35. The van der Waals surface area contributed by atoms with E-state index >= 15 is 0 Å². The van der Waals surface area contributed by atoms with Crippen LogP contribution in [0.1, 0.15) is 27.0 Å². The Hall–Kier alpha value is -0.960. The fourth-order valence-electron chi connectivity index (χ4n) is 1.65. The first-order valence-electron chi connectivity index (χ1n) is 4.38. The summed E-state index contributed by atoms with van der Waals surface area (Å²) in [4.78, 5) is 32.6. The van der Waals surface area contributed by atoms with Crippen LogP contribution in [0.4, 0.5) is 0 Å². The maximum Gasteiger partial charge on any atom is 0.193 e. The van der Waals surface area contributed by atoms with Crippen molar-refractivity contribution in [1.82, 2.24) is 0 Å². The number of benzene rings is 1. The summed E-state index contributed by atoms with van der Waals surface area (Å²) in [7, 11) is -5.19. The molecule has 0 heterocycles. The molecule has 0 N–H and O–H groups in total. The van der Waals surface area contributed by atoms with Gasteiger partial charge in [-0.05, 0) is 31.9 Å². The minimum Gasteiger partial charge on any atom is -0.805 e. The van der Waals surface area contributed by atoms with E-state index in [2.05, 4.69) is 0 Å². The summed E-state index contributed by atoms with van der Waals surface area (Å²) in [6.45, 7) is 5.06. The molecule has 0 radical (unpaired) electrons. The Morgan fingerprint density at radius 3 is 1.87 bits per heavy atom. The molecule has 82 valence electrons. The quantitative estimate of drug-likeness (QED) is 0.694. The maximum absolute atomic E-state index is 11.3. The van der Waals surface area contributed by atoms with Crippen LogP contribution < -0.4 is 9.79 Å². The highest BCUT2D eigenvalue weighted by molar-refractivity contribution is 7.68. The smallest absolute Gasteiger partial charge is 0.193 e. The average molecular weight is 226 g/mol. The van der Waals surface area contributed by atoms with Crippen LogP contribution in [-0.4, -0.2) is 5.52 Å². The van der Waals surface area contributed by atoms with E-state index in [9.17, 15) is 19.1 Å². The summed E-state index contributed by atoms with van der Waals surface area (Å²) < 4.78 is 10.6. The van der Waals surface area contributed by atoms with E-state index in [-0.39, 0.29) is 5.56 Å². The Bertz CT molecular complexity index is 435. The van der Waals surface area contributed by atoms with Gasteiger partial charge in [0.15, 0.2) is 5.52 Å². The fourth-order valence-corrected chi connectivity index (χ4v) is 2.28. The lowest BCUT2D eigenvalue weighted by atomic mass is 10.0. The van der Waals surface area contributed by atoms with Crippen molar-refractivity contribution >= 4 is 13.1 Å². The monoisotopic (exact) mass is 226 g/mol. The lowest BCUT2D eigenvalue weighted by molar-refractivity contribution is -0.307. The molecule has 15 heavy (non-hydrogen) atoms. The zero-order chi connectivity index (χ0) is 11.8. The van der Waals surface area contributed by atoms with Crippen molar-refractivity contribution in [2.24, 2.45) is 0 Å². The van der Waals surface area contributed by atoms with E-state index < -0.39 is 13.1 Å². The molecule has 4 nitrogen and oxygen atoms in total. The highest BCUT2D eigenvalue weighted by Gasteiger charge is 2.15. The number of hydrogen-bond donors (Lipinski definition) is 0. The minimum absolute atomic E-state index is 0.00827. The highest BCUT2D eigenvalue weighted by atomic mass is 31.2. The van der Waals surface area contributed by atoms with E-state index in [1.54, 1.807) is 26.0 Å². The minimum atomic E-state index is -5.19. The Morgan fingerprint density at radius 2 is 1.53 bits per heavy atom. The second kappa shape index (κ2) is 3.89. The van der Waals surface area contributed by atoms with Crippen molar-refractivity contribution in [2.75, 3.05) is 0 Å². The highest BCUT2D eigenvalue weighted by Crippen LogP contribution is 2.32. The van der Waals surface area contributed by atoms with Gasteiger partial charge in [0.1, 0.15) is 0 Å². The molecule has 0 saturated heterocycles. The van der Waals surface area contributed by atoms with Gasteiger partial charge in [0, 0.05) is 13.2 Å². The SMILES string of the molecule is Cc1cc(C)c(C(=O)P(=O)([O-])[O-])c(C)c1. The Balaban J connectivity index is 3.39. The van der Waals surface area contributed by atoms with Crippen molar-refractivity contribution in [3.8, 4) is 0 Å². The number of carbonyl (C=O) groups excluding carboxylic acids is 1. The summed E-state index contributed by atoms with van der Waals surface area (Å²) in [5, 5.41) is 0. The normalized spacial score (nSPS) is 11.5. The molecule has 0 aliphatic carbocycles. The topological polar surface area (TPSA) is 80.3 Å². The molecule has 0 atom stereocenters. The first-order valence-corrected chi connectivity index (χ1v) is 5.92. The first-order chi connectivity index (χ1) is 6.73. The van der Waals surface area contributed by atoms with Gasteiger partial charge < -0.3 is 14.4 Å². The second-order valence-electron chi connectivity index (χ2n) is 3.58. The third kappa shape index (κ3) is 2.53. The maximum atomic E-state index is 11.3. The van der Waals surface area contributed by atoms with Crippen molar-refractivity contribution in [1.29, 1.82) is 0 Å². The van der Waals surface area contributed by atoms with Crippen molar-refractivity contribution in [3.05, 3.63) is 34.4 Å². The number of rotatable bonds is 2. The average Bonchev–Trinajstić information content (AvgIpc) is 1.99. The van der Waals surface area contributed by atoms with Gasteiger partial charge in [-0.1, -0.05) is 17.7 Å². The van der Waals surface area contributed by atoms with Crippen LogP contribution >= 0.6 is 7.60 Å². The fraction of sp³-hybridized carbons (Fsp3) is 0.300. The lowest BCUT2D eigenvalue weighted by Gasteiger charge is -2.28. The summed E-state index contributed by atoms with van der Waals surface area (Å²) in [5.74, 6) is 0. The van der Waals surface area contributed by atoms with Crippen molar-refractivity contribution in [2.45, 2.75) is 20.8 Å². The van der Waals surface area contributed by atoms with E-state index in [1.807, 2.05) is 6.92 Å². The van der Waals surface area contributed by atoms with Crippen LogP contribution in [0.15, 0.2) is 12.1 Å². The Morgan fingerprint density at radius 1 is 1.13 bits per heavy atom. The molecule has 0 amide bonds. The van der Waals surface area contributed by atoms with Gasteiger partial charge in [0.25, 0.3) is 0 Å². The van der Waals surface area contributed by atoms with Crippen LogP contribution in [0.25, 0.3) is 0 Å². The standard InChI is InChI=1S/C10H13O4P/c1-6-4-7(2)9(8(3)5-6)10(11)15(12,13)14/h4-5H,1-3H3,(H2,12,13,14)/p-2. The molecule has 0 aliphatic rings. The number of carbonyl (C=O) groups is 1. The largest absolute Gasteiger partial charge is 0.805 e. The Labute approximate surface area is 88.1 Å². The molecule has 1 aromatic rings. The van der Waals surface area contributed by atoms with Crippen molar-refractivity contribution in [3.63, 3.8) is 0 Å². The molecule has 0 bridgehead atoms. The third-order valence-electron chi connectivity index (χ3n) is 2.14. The van der Waals surface area contributed by atoms with Gasteiger partial charge in [0.2, 0.25) is 0 Å². The van der Waals surface area contributed by atoms with Crippen LogP contribution in [0, 0.1) is 20.8 Å². The predicted octanol–water partition coefficient (Wildman–Crippen LogP) is 0.666. The van der Waals surface area contributed by atoms with Gasteiger partial charge in [-0.2, -0.15) is 0 Å². The lowest BCUT2D eigenvalue weighted by Crippen LogP contribution is -2.23. The van der Waals surface area contributed by atoms with Gasteiger partial charge in [-0.25, -0.2) is 0 Å². The molecule has 0 fully saturated rings. The van der Waals surface area contributed by atoms with Crippen LogP contribution in [-0.2, 0) is 4.57 Å². The zero-order valence-corrected chi connectivity index (χ0v) is 9.63.